The third kappa shape index (κ3) is 3.76. The zero-order chi connectivity index (χ0) is 16.1. The normalized spacial score (nSPS) is 10.2. The maximum atomic E-state index is 12.0. The molecule has 2 aromatic rings. The minimum absolute atomic E-state index is 0.104. The van der Waals surface area contributed by atoms with Gasteiger partial charge in [0.05, 0.1) is 24.8 Å². The van der Waals surface area contributed by atoms with Crippen LogP contribution < -0.4 is 10.5 Å². The van der Waals surface area contributed by atoms with Crippen molar-refractivity contribution in [2.75, 3.05) is 12.8 Å². The van der Waals surface area contributed by atoms with Crippen LogP contribution >= 0.6 is 11.3 Å². The van der Waals surface area contributed by atoms with E-state index in [9.17, 15) is 9.59 Å². The summed E-state index contributed by atoms with van der Waals surface area (Å²) >= 11 is 1.14. The van der Waals surface area contributed by atoms with Crippen molar-refractivity contribution in [1.82, 2.24) is 0 Å². The number of anilines is 1. The summed E-state index contributed by atoms with van der Waals surface area (Å²) < 4.78 is 10.2. The molecule has 0 radical (unpaired) electrons. The highest BCUT2D eigenvalue weighted by Crippen LogP contribution is 2.26. The van der Waals surface area contributed by atoms with Crippen molar-refractivity contribution >= 4 is 29.0 Å². The summed E-state index contributed by atoms with van der Waals surface area (Å²) in [5.41, 5.74) is 6.98. The minimum atomic E-state index is -0.994. The van der Waals surface area contributed by atoms with Crippen LogP contribution in [0.25, 0.3) is 0 Å². The summed E-state index contributed by atoms with van der Waals surface area (Å²) in [7, 11) is 1.57. The molecule has 1 heterocycles. The zero-order valence-corrected chi connectivity index (χ0v) is 12.7. The Morgan fingerprint density at radius 3 is 2.55 bits per heavy atom. The molecule has 1 aromatic heterocycles. The van der Waals surface area contributed by atoms with Crippen LogP contribution in [0.3, 0.4) is 0 Å². The number of methoxy groups -OCH3 is 1. The van der Waals surface area contributed by atoms with Crippen molar-refractivity contribution in [2.45, 2.75) is 13.0 Å². The molecule has 2 rings (SSSR count). The molecule has 0 aliphatic heterocycles. The third-order valence-corrected chi connectivity index (χ3v) is 3.97. The monoisotopic (exact) mass is 321 g/mol. The molecule has 22 heavy (non-hydrogen) atoms. The van der Waals surface area contributed by atoms with Gasteiger partial charge in [-0.25, -0.2) is 4.79 Å². The molecule has 0 aliphatic rings. The molecule has 7 heteroatoms. The number of hydrogen-bond acceptors (Lipinski definition) is 6. The van der Waals surface area contributed by atoms with E-state index < -0.39 is 11.9 Å². The second-order valence-electron chi connectivity index (χ2n) is 4.48. The first kappa shape index (κ1) is 15.8. The van der Waals surface area contributed by atoms with Gasteiger partial charge in [-0.2, -0.15) is 0 Å². The van der Waals surface area contributed by atoms with E-state index in [-0.39, 0.29) is 24.3 Å². The number of carboxylic acids is 1. The Bertz CT molecular complexity index is 678. The van der Waals surface area contributed by atoms with Crippen molar-refractivity contribution in [3.8, 4) is 5.75 Å². The summed E-state index contributed by atoms with van der Waals surface area (Å²) in [6.45, 7) is 0.104. The van der Waals surface area contributed by atoms with E-state index in [1.54, 1.807) is 31.4 Å². The maximum absolute atomic E-state index is 12.0. The number of esters is 1. The lowest BCUT2D eigenvalue weighted by Gasteiger charge is -2.06. The first-order valence-corrected chi connectivity index (χ1v) is 7.27. The number of rotatable bonds is 6. The van der Waals surface area contributed by atoms with Crippen LogP contribution in [-0.2, 0) is 22.6 Å². The highest BCUT2D eigenvalue weighted by Gasteiger charge is 2.18. The zero-order valence-electron chi connectivity index (χ0n) is 11.9. The Labute approximate surface area is 131 Å². The van der Waals surface area contributed by atoms with Gasteiger partial charge in [0, 0.05) is 10.3 Å². The topological polar surface area (TPSA) is 98.8 Å². The Hall–Kier alpha value is -2.54. The lowest BCUT2D eigenvalue weighted by molar-refractivity contribution is -0.136. The number of carboxylic acid groups (broad SMARTS) is 1. The molecule has 3 N–H and O–H groups in total. The van der Waals surface area contributed by atoms with Gasteiger partial charge in [0.25, 0.3) is 0 Å². The number of thiophene rings is 1. The van der Waals surface area contributed by atoms with E-state index >= 15 is 0 Å². The second kappa shape index (κ2) is 6.95. The van der Waals surface area contributed by atoms with Crippen LogP contribution in [0.15, 0.2) is 29.6 Å². The summed E-state index contributed by atoms with van der Waals surface area (Å²) in [5, 5.41) is 10.3. The van der Waals surface area contributed by atoms with Crippen LogP contribution in [0.1, 0.15) is 20.8 Å². The van der Waals surface area contributed by atoms with E-state index in [0.717, 1.165) is 22.6 Å². The van der Waals surface area contributed by atoms with Gasteiger partial charge in [-0.15, -0.1) is 11.3 Å². The fourth-order valence-corrected chi connectivity index (χ4v) is 2.71. The number of aliphatic carboxylic acids is 1. The number of hydrogen-bond donors (Lipinski definition) is 2. The molecule has 116 valence electrons. The summed E-state index contributed by atoms with van der Waals surface area (Å²) in [6.07, 6.45) is -0.206. The average Bonchev–Trinajstić information content (AvgIpc) is 2.86. The number of nitrogen functional groups attached to an aromatic ring is 1. The van der Waals surface area contributed by atoms with Gasteiger partial charge in [-0.05, 0) is 17.7 Å². The number of ether oxygens (including phenoxy) is 2. The van der Waals surface area contributed by atoms with Crippen LogP contribution in [0.4, 0.5) is 5.69 Å². The van der Waals surface area contributed by atoms with Gasteiger partial charge < -0.3 is 20.3 Å². The van der Waals surface area contributed by atoms with E-state index in [1.807, 2.05) is 0 Å². The Kier molecular flexibility index (Phi) is 5.00. The molecule has 0 amide bonds. The van der Waals surface area contributed by atoms with Gasteiger partial charge in [0.2, 0.25) is 0 Å². The molecular weight excluding hydrogens is 306 g/mol. The third-order valence-electron chi connectivity index (χ3n) is 2.97. The standard InChI is InChI=1S/C15H15NO5S/c1-20-10-4-2-9(3-5-10)7-21-15(19)11-8-22-12(14(11)16)6-13(17)18/h2-5,8H,6-7,16H2,1H3,(H,17,18). The molecule has 1 aromatic carbocycles. The highest BCUT2D eigenvalue weighted by molar-refractivity contribution is 7.11. The summed E-state index contributed by atoms with van der Waals surface area (Å²) in [6, 6.07) is 7.12. The SMILES string of the molecule is COc1ccc(COC(=O)c2csc(CC(=O)O)c2N)cc1. The molecule has 0 fully saturated rings. The van der Waals surface area contributed by atoms with Crippen molar-refractivity contribution in [3.05, 3.63) is 45.6 Å². The Balaban J connectivity index is 1.99. The Morgan fingerprint density at radius 1 is 1.27 bits per heavy atom. The van der Waals surface area contributed by atoms with Crippen molar-refractivity contribution in [1.29, 1.82) is 0 Å². The van der Waals surface area contributed by atoms with Crippen LogP contribution in [0.2, 0.25) is 0 Å². The molecule has 0 aliphatic carbocycles. The average molecular weight is 321 g/mol. The van der Waals surface area contributed by atoms with E-state index in [1.165, 1.54) is 5.38 Å². The fraction of sp³-hybridized carbons (Fsp3) is 0.200. The Morgan fingerprint density at radius 2 is 1.95 bits per heavy atom. The maximum Gasteiger partial charge on any atom is 0.341 e. The van der Waals surface area contributed by atoms with Gasteiger partial charge in [-0.3, -0.25) is 4.79 Å². The number of carbonyl (C=O) groups excluding carboxylic acids is 1. The molecule has 0 atom stereocenters. The van der Waals surface area contributed by atoms with Crippen molar-refractivity contribution in [2.24, 2.45) is 0 Å². The molecule has 0 spiro atoms. The molecule has 0 bridgehead atoms. The number of nitrogens with two attached hydrogens (primary N) is 1. The number of benzene rings is 1. The van der Waals surface area contributed by atoms with E-state index in [4.69, 9.17) is 20.3 Å². The predicted molar refractivity (Wildman–Crippen MR) is 82.2 cm³/mol. The lowest BCUT2D eigenvalue weighted by atomic mass is 10.2. The molecule has 0 saturated carbocycles. The first-order chi connectivity index (χ1) is 10.5. The van der Waals surface area contributed by atoms with Crippen LogP contribution in [0, 0.1) is 0 Å². The molecule has 0 unspecified atom stereocenters. The first-order valence-electron chi connectivity index (χ1n) is 6.39. The summed E-state index contributed by atoms with van der Waals surface area (Å²) in [5.74, 6) is -0.844. The highest BCUT2D eigenvalue weighted by atomic mass is 32.1. The molecule has 0 saturated heterocycles. The van der Waals surface area contributed by atoms with Crippen LogP contribution in [0.5, 0.6) is 5.75 Å². The van der Waals surface area contributed by atoms with E-state index in [2.05, 4.69) is 0 Å². The van der Waals surface area contributed by atoms with Crippen LogP contribution in [-0.4, -0.2) is 24.2 Å². The number of carbonyl (C=O) groups is 2. The lowest BCUT2D eigenvalue weighted by Crippen LogP contribution is -2.08. The quantitative estimate of drug-likeness (QED) is 0.792. The van der Waals surface area contributed by atoms with Gasteiger partial charge in [0.15, 0.2) is 0 Å². The fourth-order valence-electron chi connectivity index (χ4n) is 1.79. The largest absolute Gasteiger partial charge is 0.497 e. The second-order valence-corrected chi connectivity index (χ2v) is 5.45. The van der Waals surface area contributed by atoms with Gasteiger partial charge in [0.1, 0.15) is 12.4 Å². The predicted octanol–water partition coefficient (Wildman–Crippen LogP) is 2.32. The van der Waals surface area contributed by atoms with Crippen molar-refractivity contribution in [3.63, 3.8) is 0 Å². The molecule has 6 nitrogen and oxygen atoms in total. The summed E-state index contributed by atoms with van der Waals surface area (Å²) in [4.78, 5) is 23.1. The van der Waals surface area contributed by atoms with Gasteiger partial charge in [-0.1, -0.05) is 12.1 Å². The van der Waals surface area contributed by atoms with E-state index in [0.29, 0.717) is 4.88 Å². The van der Waals surface area contributed by atoms with Gasteiger partial charge >= 0.3 is 11.9 Å². The smallest absolute Gasteiger partial charge is 0.341 e. The molecular formula is C15H15NO5S. The minimum Gasteiger partial charge on any atom is -0.497 e. The van der Waals surface area contributed by atoms with Crippen molar-refractivity contribution < 1.29 is 24.2 Å².